The molecular weight excluding hydrogens is 880 g/mol. The van der Waals surface area contributed by atoms with Crippen LogP contribution < -0.4 is 0 Å². The second-order valence-electron chi connectivity index (χ2n) is 14.8. The Morgan fingerprint density at radius 2 is 1.26 bits per heavy atom. The number of nitrogens with zero attached hydrogens (tertiary/aromatic N) is 5. The average Bonchev–Trinajstić information content (AvgIpc) is 3.78. The van der Waals surface area contributed by atoms with Crippen LogP contribution in [0.15, 0.2) is 88.9 Å². The summed E-state index contributed by atoms with van der Waals surface area (Å²) in [5, 5.41) is 2.95. The first kappa shape index (κ1) is 44.2. The molecule has 0 aliphatic heterocycles. The third-order valence-electron chi connectivity index (χ3n) is 9.21. The lowest BCUT2D eigenvalue weighted by Gasteiger charge is -2.21. The molecule has 0 fully saturated rings. The van der Waals surface area contributed by atoms with E-state index in [0.717, 1.165) is 66.1 Å². The third-order valence-corrected chi connectivity index (χ3v) is 11.5. The van der Waals surface area contributed by atoms with Gasteiger partial charge in [0.25, 0.3) is 0 Å². The topological polar surface area (TPSA) is 82.8 Å². The van der Waals surface area contributed by atoms with Gasteiger partial charge in [-0.3, -0.25) is 9.97 Å². The van der Waals surface area contributed by atoms with Crippen molar-refractivity contribution < 1.29 is 35.9 Å². The minimum atomic E-state index is -4.62. The first-order chi connectivity index (χ1) is 28.7. The van der Waals surface area contributed by atoms with Crippen molar-refractivity contribution in [1.29, 1.82) is 0 Å². The Morgan fingerprint density at radius 3 is 1.82 bits per heavy atom. The third kappa shape index (κ3) is 9.80. The lowest BCUT2D eigenvalue weighted by molar-refractivity contribution is -0.138. The van der Waals surface area contributed by atoms with Crippen LogP contribution in [-0.4, -0.2) is 47.7 Å². The summed E-state index contributed by atoms with van der Waals surface area (Å²) in [6.45, 7) is 9.08. The number of fused-ring (bicyclic) bond motifs is 4. The van der Waals surface area contributed by atoms with Gasteiger partial charge in [-0.05, 0) is 116 Å². The van der Waals surface area contributed by atoms with E-state index >= 15 is 0 Å². The van der Waals surface area contributed by atoms with E-state index in [-0.39, 0.29) is 11.0 Å². The number of benzene rings is 2. The zero-order valence-corrected chi connectivity index (χ0v) is 36.2. The molecule has 17 heteroatoms. The fourth-order valence-electron chi connectivity index (χ4n) is 6.63. The monoisotopic (exact) mass is 913 g/mol. The molecule has 0 unspecified atom stereocenters. The summed E-state index contributed by atoms with van der Waals surface area (Å²) in [5.74, 6) is 1.57. The summed E-state index contributed by atoms with van der Waals surface area (Å²) in [4.78, 5) is 32.5. The van der Waals surface area contributed by atoms with Crippen molar-refractivity contribution in [2.75, 3.05) is 11.5 Å². The van der Waals surface area contributed by atoms with Gasteiger partial charge >= 0.3 is 18.4 Å². The number of carbonyl (C=O) groups excluding carboxylic acids is 1. The van der Waals surface area contributed by atoms with Crippen LogP contribution in [0.2, 0.25) is 10.0 Å². The zero-order valence-electron chi connectivity index (χ0n) is 33.1. The maximum atomic E-state index is 13.4. The fourth-order valence-corrected chi connectivity index (χ4v) is 8.64. The molecule has 7 aromatic rings. The first-order valence-corrected chi connectivity index (χ1v) is 21.5. The van der Waals surface area contributed by atoms with Crippen molar-refractivity contribution in [3.8, 4) is 11.4 Å². The number of rotatable bonds is 6. The standard InChI is InChI=1S/C24H21ClF3N3O2S.C20H14ClF3N2S/c1-5-34-20-9-13-8-15(25)6-7-16(13)30-21(20)19-11-17-18(10-14(12-29-17)24(26,27)28)31(19)22(32)33-23(2,3)4;1-2-27-18-9-12-7-15(21)3-4-16(12)26-19(18)13-5-11-6-14(20(22,23)24)10-25-17(11)8-13/h6-12H,5H2,1-4H3;3-4,6-10H,2,5H2,1H3. The van der Waals surface area contributed by atoms with Crippen LogP contribution in [-0.2, 0) is 23.5 Å². The number of thioether (sulfide) groups is 2. The Hall–Kier alpha value is -4.83. The number of hydrogen-bond acceptors (Lipinski definition) is 8. The molecule has 0 N–H and O–H groups in total. The molecule has 8 rings (SSSR count). The van der Waals surface area contributed by atoms with Gasteiger partial charge < -0.3 is 4.74 Å². The summed E-state index contributed by atoms with van der Waals surface area (Å²) in [6, 6.07) is 18.3. The van der Waals surface area contributed by atoms with E-state index in [1.54, 1.807) is 62.9 Å². The Labute approximate surface area is 364 Å². The van der Waals surface area contributed by atoms with Crippen LogP contribution >= 0.6 is 46.7 Å². The number of carbonyl (C=O) groups is 1. The molecule has 1 aliphatic rings. The zero-order chi connectivity index (χ0) is 44.0. The van der Waals surface area contributed by atoms with Crippen LogP contribution in [0.25, 0.3) is 55.9 Å². The lowest BCUT2D eigenvalue weighted by atomic mass is 10.1. The summed E-state index contributed by atoms with van der Waals surface area (Å²) in [6.07, 6.45) is -5.97. The number of alkyl halides is 6. The van der Waals surface area contributed by atoms with E-state index in [0.29, 0.717) is 50.4 Å². The number of pyridine rings is 4. The molecule has 2 aromatic carbocycles. The molecule has 0 bridgehead atoms. The van der Waals surface area contributed by atoms with E-state index < -0.39 is 35.2 Å². The number of allylic oxidation sites excluding steroid dienone is 1. The fraction of sp³-hybridized carbons (Fsp3) is 0.250. The molecule has 5 aromatic heterocycles. The van der Waals surface area contributed by atoms with Gasteiger partial charge in [-0.15, -0.1) is 23.5 Å². The molecule has 0 atom stereocenters. The van der Waals surface area contributed by atoms with Gasteiger partial charge in [-0.2, -0.15) is 26.3 Å². The molecule has 0 radical (unpaired) electrons. The number of ether oxygens (including phenoxy) is 1. The van der Waals surface area contributed by atoms with E-state index in [2.05, 4.69) is 9.97 Å². The summed E-state index contributed by atoms with van der Waals surface area (Å²) in [7, 11) is 0. The second-order valence-corrected chi connectivity index (χ2v) is 18.3. The Kier molecular flexibility index (Phi) is 12.4. The number of aromatic nitrogens is 5. The van der Waals surface area contributed by atoms with Crippen LogP contribution in [0.3, 0.4) is 0 Å². The molecule has 0 saturated carbocycles. The Balaban J connectivity index is 0.000000189. The summed E-state index contributed by atoms with van der Waals surface area (Å²) in [5.41, 5.74) is 2.65. The van der Waals surface area contributed by atoms with Crippen LogP contribution in [0.5, 0.6) is 0 Å². The quantitative estimate of drug-likeness (QED) is 0.121. The first-order valence-electron chi connectivity index (χ1n) is 18.8. The second kappa shape index (κ2) is 17.1. The van der Waals surface area contributed by atoms with Crippen molar-refractivity contribution in [1.82, 2.24) is 24.5 Å². The Morgan fingerprint density at radius 1 is 0.721 bits per heavy atom. The largest absolute Gasteiger partial charge is 0.443 e. The minimum Gasteiger partial charge on any atom is -0.443 e. The summed E-state index contributed by atoms with van der Waals surface area (Å²) < 4.78 is 85.8. The van der Waals surface area contributed by atoms with Gasteiger partial charge in [0.15, 0.2) is 0 Å². The van der Waals surface area contributed by atoms with Gasteiger partial charge in [0.1, 0.15) is 11.3 Å². The highest BCUT2D eigenvalue weighted by Gasteiger charge is 2.34. The van der Waals surface area contributed by atoms with Crippen molar-refractivity contribution >= 4 is 97.3 Å². The molecule has 5 heterocycles. The van der Waals surface area contributed by atoms with Crippen LogP contribution in [0, 0.1) is 0 Å². The van der Waals surface area contributed by atoms with E-state index in [1.807, 2.05) is 44.2 Å². The van der Waals surface area contributed by atoms with Crippen LogP contribution in [0.1, 0.15) is 62.7 Å². The maximum absolute atomic E-state index is 13.4. The lowest BCUT2D eigenvalue weighted by Crippen LogP contribution is -2.27. The average molecular weight is 915 g/mol. The van der Waals surface area contributed by atoms with Gasteiger partial charge in [-0.1, -0.05) is 37.0 Å². The maximum Gasteiger partial charge on any atom is 0.419 e. The molecular formula is C44H35Cl2F6N5O2S2. The molecule has 7 nitrogen and oxygen atoms in total. The van der Waals surface area contributed by atoms with Gasteiger partial charge in [0, 0.05) is 49.4 Å². The van der Waals surface area contributed by atoms with E-state index in [1.165, 1.54) is 17.8 Å². The van der Waals surface area contributed by atoms with Crippen LogP contribution in [0.4, 0.5) is 31.1 Å². The van der Waals surface area contributed by atoms with E-state index in [4.69, 9.17) is 37.9 Å². The molecule has 0 amide bonds. The Bertz CT molecular complexity index is 2870. The number of hydrogen-bond donors (Lipinski definition) is 0. The van der Waals surface area contributed by atoms with Crippen molar-refractivity contribution in [3.63, 3.8) is 0 Å². The van der Waals surface area contributed by atoms with Gasteiger partial charge in [0.05, 0.1) is 50.3 Å². The smallest absolute Gasteiger partial charge is 0.419 e. The summed E-state index contributed by atoms with van der Waals surface area (Å²) >= 11 is 15.4. The molecule has 0 spiro atoms. The highest BCUT2D eigenvalue weighted by atomic mass is 35.5. The molecule has 61 heavy (non-hydrogen) atoms. The van der Waals surface area contributed by atoms with E-state index in [9.17, 15) is 31.1 Å². The normalized spacial score (nSPS) is 13.0. The number of halogens is 8. The van der Waals surface area contributed by atoms with Crippen molar-refractivity contribution in [2.24, 2.45) is 0 Å². The molecule has 0 saturated heterocycles. The predicted molar refractivity (Wildman–Crippen MR) is 232 cm³/mol. The van der Waals surface area contributed by atoms with Crippen molar-refractivity contribution in [3.05, 3.63) is 117 Å². The van der Waals surface area contributed by atoms with Gasteiger partial charge in [-0.25, -0.2) is 19.3 Å². The SMILES string of the molecule is CCSc1cc2cc(Cl)ccc2nc1-c1cc2ncc(C(F)(F)F)cc2n1C(=O)OC(C)(C)C.CCSc1cc2cc(Cl)ccc2nc1C1=Cc2ncc(C(F)(F)F)cc2C1. The highest BCUT2D eigenvalue weighted by molar-refractivity contribution is 7.99. The highest BCUT2D eigenvalue weighted by Crippen LogP contribution is 2.40. The van der Waals surface area contributed by atoms with Crippen molar-refractivity contribution in [2.45, 2.75) is 68.8 Å². The molecule has 1 aliphatic carbocycles. The minimum absolute atomic E-state index is 0.00970. The van der Waals surface area contributed by atoms with Gasteiger partial charge in [0.2, 0.25) is 0 Å². The molecule has 316 valence electrons. The predicted octanol–water partition coefficient (Wildman–Crippen LogP) is 14.3.